The molecule has 0 aliphatic heterocycles. The van der Waals surface area contributed by atoms with Gasteiger partial charge in [-0.25, -0.2) is 14.2 Å². The van der Waals surface area contributed by atoms with Crippen LogP contribution in [0, 0.1) is 18.3 Å². The predicted octanol–water partition coefficient (Wildman–Crippen LogP) is 6.29. The second-order valence-corrected chi connectivity index (χ2v) is 8.47. The van der Waals surface area contributed by atoms with Crippen LogP contribution in [0.15, 0.2) is 39.6 Å². The quantitative estimate of drug-likeness (QED) is 0.307. The molecule has 0 N–H and O–H groups in total. The minimum atomic E-state index is -4.34. The molecule has 0 bridgehead atoms. The van der Waals surface area contributed by atoms with Crippen LogP contribution in [0.5, 0.6) is 5.75 Å². The maximum atomic E-state index is 14.4. The average molecular weight is 510 g/mol. The van der Waals surface area contributed by atoms with Crippen LogP contribution in [0.2, 0.25) is 0 Å². The first-order valence-corrected chi connectivity index (χ1v) is 10.5. The van der Waals surface area contributed by atoms with Gasteiger partial charge in [-0.05, 0) is 59.5 Å². The van der Waals surface area contributed by atoms with Crippen molar-refractivity contribution in [3.63, 3.8) is 0 Å². The van der Waals surface area contributed by atoms with Crippen molar-refractivity contribution < 1.29 is 22.3 Å². The van der Waals surface area contributed by atoms with Crippen LogP contribution in [0.3, 0.4) is 0 Å². The Morgan fingerprint density at radius 3 is 2.59 bits per heavy atom. The van der Waals surface area contributed by atoms with Crippen LogP contribution >= 0.6 is 15.9 Å². The molecule has 166 valence electrons. The summed E-state index contributed by atoms with van der Waals surface area (Å²) in [4.78, 5) is 21.4. The van der Waals surface area contributed by atoms with Crippen LogP contribution in [-0.4, -0.2) is 22.8 Å². The van der Waals surface area contributed by atoms with Crippen LogP contribution in [0.1, 0.15) is 31.0 Å². The van der Waals surface area contributed by atoms with E-state index in [4.69, 9.17) is 11.3 Å². The number of aromatic nitrogens is 2. The maximum absolute atomic E-state index is 14.4. The summed E-state index contributed by atoms with van der Waals surface area (Å²) in [5.41, 5.74) is -0.0201. The lowest BCUT2D eigenvalue weighted by Gasteiger charge is -2.20. The molecule has 1 fully saturated rings. The minimum Gasteiger partial charge on any atom is -0.494 e. The van der Waals surface area contributed by atoms with Crippen LogP contribution in [-0.2, 0) is 0 Å². The van der Waals surface area contributed by atoms with E-state index < -0.39 is 29.4 Å². The predicted molar refractivity (Wildman–Crippen MR) is 114 cm³/mol. The zero-order valence-corrected chi connectivity index (χ0v) is 18.3. The Bertz CT molecular complexity index is 1310. The van der Waals surface area contributed by atoms with E-state index in [9.17, 15) is 22.4 Å². The third-order valence-electron chi connectivity index (χ3n) is 5.72. The molecular formula is C22H16BrF4N3O2. The summed E-state index contributed by atoms with van der Waals surface area (Å²) in [5, 5.41) is 0.107. The Labute approximate surface area is 188 Å². The molecule has 2 aromatic carbocycles. The standard InChI is InChI=1S/C22H16BrF4N3O2/c1-28-13-8-15-19(16(23)9-13)29-20(11-3-4-12(7-11)22(25,26)27)30(21(15)31)14-5-6-18(32-2)17(24)10-14/h5-6,8-12H,3-4,7H2,2H3/t11-,12+/m0/s1. The highest BCUT2D eigenvalue weighted by atomic mass is 79.9. The summed E-state index contributed by atoms with van der Waals surface area (Å²) in [7, 11) is 1.30. The lowest BCUT2D eigenvalue weighted by Crippen LogP contribution is -2.26. The van der Waals surface area contributed by atoms with E-state index in [2.05, 4.69) is 25.8 Å². The van der Waals surface area contributed by atoms with Crippen LogP contribution in [0.4, 0.5) is 23.2 Å². The molecule has 1 aliphatic carbocycles. The molecule has 4 rings (SSSR count). The molecule has 0 unspecified atom stereocenters. The lowest BCUT2D eigenvalue weighted by molar-refractivity contribution is -0.172. The number of methoxy groups -OCH3 is 1. The van der Waals surface area contributed by atoms with Gasteiger partial charge in [0.2, 0.25) is 0 Å². The van der Waals surface area contributed by atoms with Crippen molar-refractivity contribution in [1.29, 1.82) is 0 Å². The highest BCUT2D eigenvalue weighted by molar-refractivity contribution is 9.10. The van der Waals surface area contributed by atoms with Crippen molar-refractivity contribution in [3.05, 3.63) is 68.2 Å². The molecule has 0 spiro atoms. The zero-order valence-electron chi connectivity index (χ0n) is 16.7. The number of ether oxygens (including phenoxy) is 1. The van der Waals surface area contributed by atoms with Crippen molar-refractivity contribution in [2.75, 3.05) is 7.11 Å². The molecule has 1 saturated carbocycles. The molecule has 3 aromatic rings. The van der Waals surface area contributed by atoms with Gasteiger partial charge in [0.1, 0.15) is 5.82 Å². The summed E-state index contributed by atoms with van der Waals surface area (Å²) < 4.78 is 60.8. The molecule has 1 aliphatic rings. The lowest BCUT2D eigenvalue weighted by atomic mass is 10.0. The summed E-state index contributed by atoms with van der Waals surface area (Å²) in [6, 6.07) is 6.74. The monoisotopic (exact) mass is 509 g/mol. The van der Waals surface area contributed by atoms with E-state index in [-0.39, 0.29) is 53.1 Å². The van der Waals surface area contributed by atoms with E-state index >= 15 is 0 Å². The number of alkyl halides is 3. The van der Waals surface area contributed by atoms with E-state index in [1.165, 1.54) is 31.4 Å². The first-order chi connectivity index (χ1) is 15.1. The van der Waals surface area contributed by atoms with E-state index in [0.29, 0.717) is 4.47 Å². The van der Waals surface area contributed by atoms with Gasteiger partial charge in [-0.1, -0.05) is 0 Å². The summed E-state index contributed by atoms with van der Waals surface area (Å²) >= 11 is 3.31. The topological polar surface area (TPSA) is 48.5 Å². The number of hydrogen-bond acceptors (Lipinski definition) is 3. The zero-order chi connectivity index (χ0) is 23.2. The largest absolute Gasteiger partial charge is 0.494 e. The molecule has 0 amide bonds. The first-order valence-electron chi connectivity index (χ1n) is 9.68. The highest BCUT2D eigenvalue weighted by Crippen LogP contribution is 2.46. The van der Waals surface area contributed by atoms with Crippen LogP contribution in [0.25, 0.3) is 21.4 Å². The van der Waals surface area contributed by atoms with E-state index in [1.54, 1.807) is 0 Å². The van der Waals surface area contributed by atoms with Gasteiger partial charge in [0.05, 0.1) is 36.2 Å². The Kier molecular flexibility index (Phi) is 5.71. The second-order valence-electron chi connectivity index (χ2n) is 7.61. The number of nitrogens with zero attached hydrogens (tertiary/aromatic N) is 3. The number of rotatable bonds is 3. The molecule has 10 heteroatoms. The molecule has 0 saturated heterocycles. The fourth-order valence-electron chi connectivity index (χ4n) is 4.15. The number of benzene rings is 2. The van der Waals surface area contributed by atoms with Crippen molar-refractivity contribution >= 4 is 32.5 Å². The highest BCUT2D eigenvalue weighted by Gasteiger charge is 2.45. The molecule has 1 heterocycles. The molecule has 1 aromatic heterocycles. The molecular weight excluding hydrogens is 494 g/mol. The van der Waals surface area contributed by atoms with Gasteiger partial charge in [0.25, 0.3) is 5.56 Å². The third kappa shape index (κ3) is 3.86. The normalized spacial score (nSPS) is 18.7. The molecule has 32 heavy (non-hydrogen) atoms. The smallest absolute Gasteiger partial charge is 0.391 e. The maximum Gasteiger partial charge on any atom is 0.391 e. The molecule has 5 nitrogen and oxygen atoms in total. The van der Waals surface area contributed by atoms with Gasteiger partial charge in [0, 0.05) is 16.5 Å². The fraction of sp³-hybridized carbons (Fsp3) is 0.318. The third-order valence-corrected chi connectivity index (χ3v) is 6.32. The van der Waals surface area contributed by atoms with Gasteiger partial charge in [0.15, 0.2) is 17.3 Å². The number of fused-ring (bicyclic) bond motifs is 1. The van der Waals surface area contributed by atoms with Gasteiger partial charge < -0.3 is 4.74 Å². The average Bonchev–Trinajstić information content (AvgIpc) is 3.24. The summed E-state index contributed by atoms with van der Waals surface area (Å²) in [5.74, 6) is -2.76. The number of hydrogen-bond donors (Lipinski definition) is 0. The van der Waals surface area contributed by atoms with Crippen LogP contribution < -0.4 is 10.3 Å². The van der Waals surface area contributed by atoms with E-state index in [1.807, 2.05) is 0 Å². The first kappa shape index (κ1) is 22.3. The van der Waals surface area contributed by atoms with E-state index in [0.717, 1.165) is 10.6 Å². The Morgan fingerprint density at radius 2 is 2.00 bits per heavy atom. The van der Waals surface area contributed by atoms with Gasteiger partial charge in [-0.3, -0.25) is 9.36 Å². The minimum absolute atomic E-state index is 0.0341. The number of halogens is 5. The van der Waals surface area contributed by atoms with Crippen molar-refractivity contribution in [2.45, 2.75) is 31.4 Å². The van der Waals surface area contributed by atoms with Gasteiger partial charge in [-0.2, -0.15) is 13.2 Å². The Balaban J connectivity index is 1.98. The molecule has 2 atom stereocenters. The Morgan fingerprint density at radius 1 is 1.25 bits per heavy atom. The van der Waals surface area contributed by atoms with Gasteiger partial charge >= 0.3 is 6.18 Å². The van der Waals surface area contributed by atoms with Crippen molar-refractivity contribution in [3.8, 4) is 11.4 Å². The summed E-state index contributed by atoms with van der Waals surface area (Å²) in [6.45, 7) is 7.24. The Hall–Kier alpha value is -2.93. The fourth-order valence-corrected chi connectivity index (χ4v) is 4.68. The SMILES string of the molecule is [C-]#[N+]c1cc(Br)c2nc([C@H]3CC[C@@H](C(F)(F)F)C3)n(-c3ccc(OC)c(F)c3)c(=O)c2c1. The molecule has 0 radical (unpaired) electrons. The van der Waals surface area contributed by atoms with Crippen molar-refractivity contribution in [2.24, 2.45) is 5.92 Å². The van der Waals surface area contributed by atoms with Crippen molar-refractivity contribution in [1.82, 2.24) is 9.55 Å². The second kappa shape index (κ2) is 8.20. The van der Waals surface area contributed by atoms with Gasteiger partial charge in [-0.15, -0.1) is 0 Å². The summed E-state index contributed by atoms with van der Waals surface area (Å²) in [6.07, 6.45) is -4.43.